The van der Waals surface area contributed by atoms with Crippen LogP contribution in [0.2, 0.25) is 0 Å². The quantitative estimate of drug-likeness (QED) is 0.316. The molecule has 0 radical (unpaired) electrons. The first kappa shape index (κ1) is 5.94. The summed E-state index contributed by atoms with van der Waals surface area (Å²) in [6, 6.07) is 0. The van der Waals surface area contributed by atoms with E-state index >= 15 is 0 Å². The van der Waals surface area contributed by atoms with Crippen molar-refractivity contribution in [2.75, 3.05) is 7.05 Å². The highest BCUT2D eigenvalue weighted by Gasteiger charge is 1.92. The van der Waals surface area contributed by atoms with E-state index in [1.807, 2.05) is 0 Å². The van der Waals surface area contributed by atoms with Crippen molar-refractivity contribution in [2.45, 2.75) is 0 Å². The molecule has 0 amide bonds. The molecule has 0 heterocycles. The molecule has 40 valence electrons. The maximum Gasteiger partial charge on any atom is 0.202 e. The zero-order valence-electron chi connectivity index (χ0n) is 3.96. The first-order valence-corrected chi connectivity index (χ1v) is 1.63. The predicted molar refractivity (Wildman–Crippen MR) is 25.3 cm³/mol. The van der Waals surface area contributed by atoms with Gasteiger partial charge in [0.05, 0.1) is 5.29 Å². The summed E-state index contributed by atoms with van der Waals surface area (Å²) < 4.78 is 0. The lowest BCUT2D eigenvalue weighted by atomic mass is 10.9. The van der Waals surface area contributed by atoms with Crippen LogP contribution in [0.5, 0.6) is 0 Å². The molecule has 0 saturated carbocycles. The smallest absolute Gasteiger partial charge is 0.202 e. The van der Waals surface area contributed by atoms with E-state index in [0.717, 1.165) is 5.01 Å². The van der Waals surface area contributed by atoms with Crippen LogP contribution in [0.25, 0.3) is 0 Å². The summed E-state index contributed by atoms with van der Waals surface area (Å²) in [5.74, 6) is -0.352. The van der Waals surface area contributed by atoms with Gasteiger partial charge < -0.3 is 5.11 Å². The summed E-state index contributed by atoms with van der Waals surface area (Å²) in [6.07, 6.45) is 0. The van der Waals surface area contributed by atoms with Crippen molar-refractivity contribution in [2.24, 2.45) is 5.29 Å². The summed E-state index contributed by atoms with van der Waals surface area (Å²) in [5, 5.41) is 11.3. The minimum absolute atomic E-state index is 0.352. The lowest BCUT2D eigenvalue weighted by molar-refractivity contribution is 0.240. The molecule has 0 saturated heterocycles. The third-order valence-corrected chi connectivity index (χ3v) is 0.496. The van der Waals surface area contributed by atoms with Gasteiger partial charge in [0.25, 0.3) is 0 Å². The largest absolute Gasteiger partial charge is 0.494 e. The van der Waals surface area contributed by atoms with Crippen LogP contribution in [-0.4, -0.2) is 17.2 Å². The second-order valence-corrected chi connectivity index (χ2v) is 1.02. The van der Waals surface area contributed by atoms with Gasteiger partial charge in [-0.15, -0.1) is 4.91 Å². The maximum absolute atomic E-state index is 9.40. The SMILES string of the molecule is C=C(O)N(C)N=O. The minimum atomic E-state index is -0.352. The molecule has 0 aliphatic heterocycles. The van der Waals surface area contributed by atoms with Crippen molar-refractivity contribution in [1.29, 1.82) is 0 Å². The van der Waals surface area contributed by atoms with E-state index in [1.165, 1.54) is 7.05 Å². The van der Waals surface area contributed by atoms with Gasteiger partial charge in [-0.05, 0) is 6.58 Å². The van der Waals surface area contributed by atoms with Crippen LogP contribution in [0.15, 0.2) is 17.7 Å². The Kier molecular flexibility index (Phi) is 1.84. The van der Waals surface area contributed by atoms with Crippen molar-refractivity contribution >= 4 is 0 Å². The van der Waals surface area contributed by atoms with E-state index in [-0.39, 0.29) is 5.88 Å². The van der Waals surface area contributed by atoms with Crippen LogP contribution < -0.4 is 0 Å². The van der Waals surface area contributed by atoms with Gasteiger partial charge in [0, 0.05) is 7.05 Å². The highest BCUT2D eigenvalue weighted by molar-refractivity contribution is 4.72. The molecule has 0 unspecified atom stereocenters. The van der Waals surface area contributed by atoms with E-state index in [4.69, 9.17) is 5.11 Å². The summed E-state index contributed by atoms with van der Waals surface area (Å²) >= 11 is 0. The van der Waals surface area contributed by atoms with Crippen molar-refractivity contribution in [3.8, 4) is 0 Å². The molecule has 4 nitrogen and oxygen atoms in total. The van der Waals surface area contributed by atoms with Crippen molar-refractivity contribution in [3.05, 3.63) is 17.4 Å². The molecular formula is C3H6N2O2. The first-order valence-electron chi connectivity index (χ1n) is 1.63. The molecule has 4 heteroatoms. The van der Waals surface area contributed by atoms with E-state index in [1.54, 1.807) is 0 Å². The zero-order valence-corrected chi connectivity index (χ0v) is 3.96. The highest BCUT2D eigenvalue weighted by Crippen LogP contribution is 1.89. The number of hydrogen-bond donors (Lipinski definition) is 1. The molecule has 0 spiro atoms. The van der Waals surface area contributed by atoms with Crippen LogP contribution in [-0.2, 0) is 0 Å². The zero-order chi connectivity index (χ0) is 5.86. The summed E-state index contributed by atoms with van der Waals surface area (Å²) in [6.45, 7) is 3.01. The Hall–Kier alpha value is -1.06. The van der Waals surface area contributed by atoms with Gasteiger partial charge in [-0.3, -0.25) is 0 Å². The number of nitrogens with zero attached hydrogens (tertiary/aromatic N) is 2. The number of nitroso groups, excluding NO2 is 1. The Morgan fingerprint density at radius 1 is 2.00 bits per heavy atom. The molecule has 0 bridgehead atoms. The number of aliphatic hydroxyl groups is 1. The van der Waals surface area contributed by atoms with Gasteiger partial charge >= 0.3 is 0 Å². The summed E-state index contributed by atoms with van der Waals surface area (Å²) in [7, 11) is 1.30. The molecule has 0 rings (SSSR count). The van der Waals surface area contributed by atoms with Gasteiger partial charge in [-0.2, -0.15) is 0 Å². The topological polar surface area (TPSA) is 52.9 Å². The third kappa shape index (κ3) is 1.75. The van der Waals surface area contributed by atoms with Crippen molar-refractivity contribution in [1.82, 2.24) is 5.01 Å². The summed E-state index contributed by atoms with van der Waals surface area (Å²) in [4.78, 5) is 9.40. The lowest BCUT2D eigenvalue weighted by Crippen LogP contribution is -2.06. The van der Waals surface area contributed by atoms with E-state index in [0.29, 0.717) is 0 Å². The molecule has 0 aromatic heterocycles. The Morgan fingerprint density at radius 3 is 2.43 bits per heavy atom. The van der Waals surface area contributed by atoms with E-state index in [9.17, 15) is 4.91 Å². The van der Waals surface area contributed by atoms with E-state index < -0.39 is 0 Å². The van der Waals surface area contributed by atoms with Crippen LogP contribution in [0.3, 0.4) is 0 Å². The minimum Gasteiger partial charge on any atom is -0.494 e. The number of rotatable bonds is 2. The fraction of sp³-hybridized carbons (Fsp3) is 0.333. The molecule has 0 aromatic rings. The van der Waals surface area contributed by atoms with Crippen LogP contribution in [0.4, 0.5) is 0 Å². The molecule has 0 aromatic carbocycles. The fourth-order valence-electron chi connectivity index (χ4n) is 0.0471. The normalized spacial score (nSPS) is 7.57. The second-order valence-electron chi connectivity index (χ2n) is 1.02. The Balaban J connectivity index is 3.55. The molecule has 0 fully saturated rings. The lowest BCUT2D eigenvalue weighted by Gasteiger charge is -2.01. The Labute approximate surface area is 41.0 Å². The second kappa shape index (κ2) is 2.17. The molecule has 7 heavy (non-hydrogen) atoms. The Morgan fingerprint density at radius 2 is 2.43 bits per heavy atom. The molecule has 0 atom stereocenters. The van der Waals surface area contributed by atoms with Crippen LogP contribution in [0, 0.1) is 4.91 Å². The van der Waals surface area contributed by atoms with Gasteiger partial charge in [0.15, 0.2) is 0 Å². The van der Waals surface area contributed by atoms with Crippen LogP contribution in [0.1, 0.15) is 0 Å². The van der Waals surface area contributed by atoms with Crippen molar-refractivity contribution < 1.29 is 5.11 Å². The number of aliphatic hydroxyl groups excluding tert-OH is 1. The maximum atomic E-state index is 9.40. The molecule has 0 aliphatic carbocycles. The average Bonchev–Trinajstić information content (AvgIpc) is 1.65. The average molecular weight is 102 g/mol. The van der Waals surface area contributed by atoms with Crippen molar-refractivity contribution in [3.63, 3.8) is 0 Å². The monoisotopic (exact) mass is 102 g/mol. The standard InChI is InChI=1S/C3H6N2O2/c1-3(6)5(2)4-7/h6H,1H2,2H3. The predicted octanol–water partition coefficient (Wildman–Crippen LogP) is 0.629. The Bertz CT molecular complexity index is 90.9. The van der Waals surface area contributed by atoms with Crippen LogP contribution >= 0.6 is 0 Å². The molecule has 0 aliphatic rings. The van der Waals surface area contributed by atoms with Gasteiger partial charge in [0.2, 0.25) is 5.88 Å². The molecule has 1 N–H and O–H groups in total. The van der Waals surface area contributed by atoms with E-state index in [2.05, 4.69) is 11.9 Å². The third-order valence-electron chi connectivity index (χ3n) is 0.496. The van der Waals surface area contributed by atoms with Gasteiger partial charge in [0.1, 0.15) is 0 Å². The number of hydrogen-bond acceptors (Lipinski definition) is 3. The first-order chi connectivity index (χ1) is 3.18. The summed E-state index contributed by atoms with van der Waals surface area (Å²) in [5.41, 5.74) is 0. The highest BCUT2D eigenvalue weighted by atomic mass is 16.3. The fourth-order valence-corrected chi connectivity index (χ4v) is 0.0471. The van der Waals surface area contributed by atoms with Gasteiger partial charge in [-0.1, -0.05) is 0 Å². The van der Waals surface area contributed by atoms with Gasteiger partial charge in [-0.25, -0.2) is 5.01 Å². The molecular weight excluding hydrogens is 96.0 g/mol.